The van der Waals surface area contributed by atoms with Crippen LogP contribution in [-0.2, 0) is 9.59 Å². The Morgan fingerprint density at radius 2 is 2.07 bits per heavy atom. The lowest BCUT2D eigenvalue weighted by atomic mass is 10.1. The van der Waals surface area contributed by atoms with E-state index in [1.54, 1.807) is 61.6 Å². The minimum absolute atomic E-state index is 0.0865. The van der Waals surface area contributed by atoms with Crippen LogP contribution in [0.4, 0.5) is 5.69 Å². The number of methoxy groups -OCH3 is 2. The molecule has 27 heavy (non-hydrogen) atoms. The second-order valence-electron chi connectivity index (χ2n) is 6.58. The van der Waals surface area contributed by atoms with Gasteiger partial charge >= 0.3 is 0 Å². The summed E-state index contributed by atoms with van der Waals surface area (Å²) in [6.45, 7) is 2.20. The maximum absolute atomic E-state index is 12.9. The molecule has 3 rings (SSSR count). The number of carbonyl (C=O) groups excluding carboxylic acids is 2. The first-order valence-electron chi connectivity index (χ1n) is 8.78. The van der Waals surface area contributed by atoms with E-state index < -0.39 is 5.92 Å². The molecule has 1 fully saturated rings. The second kappa shape index (κ2) is 7.73. The number of furan rings is 1. The molecule has 0 bridgehead atoms. The molecule has 2 unspecified atom stereocenters. The third kappa shape index (κ3) is 3.63. The van der Waals surface area contributed by atoms with E-state index in [2.05, 4.69) is 0 Å². The average molecular weight is 372 g/mol. The monoisotopic (exact) mass is 372 g/mol. The second-order valence-corrected chi connectivity index (χ2v) is 6.58. The van der Waals surface area contributed by atoms with Gasteiger partial charge in [-0.15, -0.1) is 0 Å². The van der Waals surface area contributed by atoms with E-state index in [0.717, 1.165) is 0 Å². The molecule has 0 aliphatic carbocycles. The van der Waals surface area contributed by atoms with E-state index in [9.17, 15) is 9.59 Å². The van der Waals surface area contributed by atoms with Crippen LogP contribution in [0, 0.1) is 5.92 Å². The smallest absolute Gasteiger partial charge is 0.228 e. The van der Waals surface area contributed by atoms with E-state index >= 15 is 0 Å². The molecule has 0 saturated carbocycles. The first-order chi connectivity index (χ1) is 13.0. The van der Waals surface area contributed by atoms with Crippen LogP contribution in [0.2, 0.25) is 0 Å². The third-order valence-electron chi connectivity index (χ3n) is 5.03. The molecule has 7 heteroatoms. The van der Waals surface area contributed by atoms with Crippen molar-refractivity contribution in [1.29, 1.82) is 0 Å². The quantitative estimate of drug-likeness (QED) is 0.780. The number of anilines is 1. The number of ether oxygens (including phenoxy) is 2. The zero-order valence-electron chi connectivity index (χ0n) is 16.0. The topological polar surface area (TPSA) is 72.2 Å². The molecular formula is C20H24N2O5. The predicted molar refractivity (Wildman–Crippen MR) is 99.9 cm³/mol. The summed E-state index contributed by atoms with van der Waals surface area (Å²) in [6, 6.07) is 8.69. The molecule has 7 nitrogen and oxygen atoms in total. The van der Waals surface area contributed by atoms with Gasteiger partial charge in [-0.25, -0.2) is 0 Å². The molecule has 1 aliphatic rings. The molecule has 2 heterocycles. The summed E-state index contributed by atoms with van der Waals surface area (Å²) in [4.78, 5) is 28.8. The van der Waals surface area contributed by atoms with Crippen molar-refractivity contribution in [2.24, 2.45) is 5.92 Å². The van der Waals surface area contributed by atoms with E-state index in [-0.39, 0.29) is 24.3 Å². The minimum Gasteiger partial charge on any atom is -0.497 e. The fraction of sp³-hybridized carbons (Fsp3) is 0.400. The average Bonchev–Trinajstić information content (AvgIpc) is 3.35. The van der Waals surface area contributed by atoms with Gasteiger partial charge in [0.05, 0.1) is 38.1 Å². The zero-order valence-corrected chi connectivity index (χ0v) is 16.0. The van der Waals surface area contributed by atoms with Crippen LogP contribution in [0.15, 0.2) is 41.0 Å². The maximum Gasteiger partial charge on any atom is 0.228 e. The number of benzene rings is 1. The Morgan fingerprint density at radius 1 is 1.30 bits per heavy atom. The Hall–Kier alpha value is -2.96. The fourth-order valence-corrected chi connectivity index (χ4v) is 3.31. The van der Waals surface area contributed by atoms with Crippen molar-refractivity contribution in [2.45, 2.75) is 19.4 Å². The van der Waals surface area contributed by atoms with Gasteiger partial charge in [0.2, 0.25) is 11.8 Å². The highest BCUT2D eigenvalue weighted by Gasteiger charge is 2.38. The SMILES string of the molecule is COc1ccc(OC)c(N2CC(C(=O)N(C)C(C)c3ccco3)CC2=O)c1. The van der Waals surface area contributed by atoms with Gasteiger partial charge < -0.3 is 23.7 Å². The van der Waals surface area contributed by atoms with Gasteiger partial charge in [-0.05, 0) is 31.2 Å². The highest BCUT2D eigenvalue weighted by atomic mass is 16.5. The molecular weight excluding hydrogens is 348 g/mol. The van der Waals surface area contributed by atoms with E-state index in [1.807, 2.05) is 13.0 Å². The first kappa shape index (κ1) is 18.8. The highest BCUT2D eigenvalue weighted by molar-refractivity contribution is 6.01. The molecule has 0 radical (unpaired) electrons. The summed E-state index contributed by atoms with van der Waals surface area (Å²) in [7, 11) is 4.84. The van der Waals surface area contributed by atoms with E-state index in [1.165, 1.54) is 0 Å². The van der Waals surface area contributed by atoms with Gasteiger partial charge in [-0.1, -0.05) is 0 Å². The Morgan fingerprint density at radius 3 is 2.70 bits per heavy atom. The lowest BCUT2D eigenvalue weighted by Crippen LogP contribution is -2.36. The number of amides is 2. The largest absolute Gasteiger partial charge is 0.497 e. The van der Waals surface area contributed by atoms with Crippen LogP contribution in [0.3, 0.4) is 0 Å². The summed E-state index contributed by atoms with van der Waals surface area (Å²) < 4.78 is 16.0. The van der Waals surface area contributed by atoms with Crippen LogP contribution >= 0.6 is 0 Å². The minimum atomic E-state index is -0.421. The summed E-state index contributed by atoms with van der Waals surface area (Å²) in [5.41, 5.74) is 0.610. The number of hydrogen-bond acceptors (Lipinski definition) is 5. The van der Waals surface area contributed by atoms with Crippen LogP contribution in [0.1, 0.15) is 25.1 Å². The third-order valence-corrected chi connectivity index (χ3v) is 5.03. The van der Waals surface area contributed by atoms with Crippen LogP contribution in [0.25, 0.3) is 0 Å². The number of hydrogen-bond donors (Lipinski definition) is 0. The number of rotatable bonds is 6. The zero-order chi connectivity index (χ0) is 19.6. The molecule has 1 aliphatic heterocycles. The Labute approximate surface area is 158 Å². The van der Waals surface area contributed by atoms with Gasteiger partial charge in [0.15, 0.2) is 0 Å². The summed E-state index contributed by atoms with van der Waals surface area (Å²) >= 11 is 0. The number of carbonyl (C=O) groups is 2. The summed E-state index contributed by atoms with van der Waals surface area (Å²) in [6.07, 6.45) is 1.74. The van der Waals surface area contributed by atoms with Gasteiger partial charge in [0, 0.05) is 26.1 Å². The molecule has 0 spiro atoms. The molecule has 144 valence electrons. The van der Waals surface area contributed by atoms with Crippen molar-refractivity contribution in [3.63, 3.8) is 0 Å². The van der Waals surface area contributed by atoms with Gasteiger partial charge in [-0.2, -0.15) is 0 Å². The Bertz CT molecular complexity index is 818. The molecule has 2 atom stereocenters. The summed E-state index contributed by atoms with van der Waals surface area (Å²) in [5, 5.41) is 0. The summed E-state index contributed by atoms with van der Waals surface area (Å²) in [5.74, 6) is 1.28. The lowest BCUT2D eigenvalue weighted by Gasteiger charge is -2.26. The van der Waals surface area contributed by atoms with Crippen LogP contribution in [0.5, 0.6) is 11.5 Å². The van der Waals surface area contributed by atoms with Crippen molar-refractivity contribution in [1.82, 2.24) is 4.90 Å². The van der Waals surface area contributed by atoms with Crippen LogP contribution < -0.4 is 14.4 Å². The Kier molecular flexibility index (Phi) is 5.39. The molecule has 1 saturated heterocycles. The van der Waals surface area contributed by atoms with Gasteiger partial charge in [0.1, 0.15) is 17.3 Å². The fourth-order valence-electron chi connectivity index (χ4n) is 3.31. The van der Waals surface area contributed by atoms with Crippen molar-refractivity contribution in [3.05, 3.63) is 42.4 Å². The van der Waals surface area contributed by atoms with E-state index in [4.69, 9.17) is 13.9 Å². The van der Waals surface area contributed by atoms with Crippen LogP contribution in [-0.4, -0.2) is 44.5 Å². The predicted octanol–water partition coefficient (Wildman–Crippen LogP) is 2.87. The van der Waals surface area contributed by atoms with Crippen molar-refractivity contribution in [2.75, 3.05) is 32.7 Å². The lowest BCUT2D eigenvalue weighted by molar-refractivity contribution is -0.136. The molecule has 2 amide bonds. The normalized spacial score (nSPS) is 17.7. The Balaban J connectivity index is 1.78. The molecule has 0 N–H and O–H groups in total. The first-order valence-corrected chi connectivity index (χ1v) is 8.78. The standard InChI is InChI=1S/C20H24N2O5/c1-13(17-6-5-9-27-17)21(2)20(24)14-10-19(23)22(12-14)16-11-15(25-3)7-8-18(16)26-4/h5-9,11,13-14H,10,12H2,1-4H3. The van der Waals surface area contributed by atoms with Crippen molar-refractivity contribution in [3.8, 4) is 11.5 Å². The maximum atomic E-state index is 12.9. The van der Waals surface area contributed by atoms with Crippen molar-refractivity contribution >= 4 is 17.5 Å². The highest BCUT2D eigenvalue weighted by Crippen LogP contribution is 2.36. The van der Waals surface area contributed by atoms with E-state index in [0.29, 0.717) is 29.5 Å². The number of nitrogens with zero attached hydrogens (tertiary/aromatic N) is 2. The molecule has 1 aromatic carbocycles. The van der Waals surface area contributed by atoms with Crippen molar-refractivity contribution < 1.29 is 23.5 Å². The molecule has 1 aromatic heterocycles. The molecule has 2 aromatic rings. The van der Waals surface area contributed by atoms with Gasteiger partial charge in [-0.3, -0.25) is 9.59 Å². The van der Waals surface area contributed by atoms with Gasteiger partial charge in [0.25, 0.3) is 0 Å².